The van der Waals surface area contributed by atoms with Crippen molar-refractivity contribution < 1.29 is 4.79 Å². The van der Waals surface area contributed by atoms with E-state index in [0.717, 1.165) is 0 Å². The maximum Gasteiger partial charge on any atom is 0.248 e. The van der Waals surface area contributed by atoms with Crippen LogP contribution < -0.4 is 5.56 Å². The summed E-state index contributed by atoms with van der Waals surface area (Å²) in [6.45, 7) is 1.39. The third-order valence-electron chi connectivity index (χ3n) is 1.44. The van der Waals surface area contributed by atoms with Gasteiger partial charge in [-0.25, -0.2) is 0 Å². The van der Waals surface area contributed by atoms with E-state index in [-0.39, 0.29) is 17.2 Å². The lowest BCUT2D eigenvalue weighted by Gasteiger charge is -1.97. The minimum atomic E-state index is -0.293. The van der Waals surface area contributed by atoms with Gasteiger partial charge in [-0.3, -0.25) is 9.59 Å². The predicted octanol–water partition coefficient (Wildman–Crippen LogP) is 1.32. The standard InChI is InChI=1S/C8H8ClNO2/c1-5(11)7-2-6(4-9)3-8(12)10-7/h2-3H,4H2,1H3,(H,10,12). The van der Waals surface area contributed by atoms with Crippen LogP contribution in [0.15, 0.2) is 16.9 Å². The quantitative estimate of drug-likeness (QED) is 0.558. The van der Waals surface area contributed by atoms with Gasteiger partial charge in [0.25, 0.3) is 0 Å². The third-order valence-corrected chi connectivity index (χ3v) is 1.75. The van der Waals surface area contributed by atoms with Crippen molar-refractivity contribution in [3.8, 4) is 0 Å². The van der Waals surface area contributed by atoms with Gasteiger partial charge in [0.2, 0.25) is 5.56 Å². The monoisotopic (exact) mass is 185 g/mol. The molecule has 0 fully saturated rings. The molecule has 0 bridgehead atoms. The Kier molecular flexibility index (Phi) is 2.65. The molecule has 0 saturated carbocycles. The van der Waals surface area contributed by atoms with Crippen molar-refractivity contribution in [2.75, 3.05) is 0 Å². The Balaban J connectivity index is 3.24. The van der Waals surface area contributed by atoms with Gasteiger partial charge < -0.3 is 4.98 Å². The lowest BCUT2D eigenvalue weighted by molar-refractivity contribution is 0.101. The Morgan fingerprint density at radius 1 is 1.58 bits per heavy atom. The Morgan fingerprint density at radius 2 is 2.25 bits per heavy atom. The Hall–Kier alpha value is -1.09. The summed E-state index contributed by atoms with van der Waals surface area (Å²) in [5.74, 6) is 0.0727. The molecule has 0 aliphatic carbocycles. The molecule has 0 aliphatic heterocycles. The Labute approximate surface area is 74.4 Å². The lowest BCUT2D eigenvalue weighted by atomic mass is 10.2. The van der Waals surface area contributed by atoms with Gasteiger partial charge in [0.05, 0.1) is 5.69 Å². The summed E-state index contributed by atoms with van der Waals surface area (Å²) in [7, 11) is 0. The fourth-order valence-corrected chi connectivity index (χ4v) is 1.02. The average Bonchev–Trinajstić information content (AvgIpc) is 2.03. The first-order chi connectivity index (χ1) is 5.63. The van der Waals surface area contributed by atoms with Crippen molar-refractivity contribution in [1.29, 1.82) is 0 Å². The summed E-state index contributed by atoms with van der Waals surface area (Å²) in [6, 6.07) is 2.95. The lowest BCUT2D eigenvalue weighted by Crippen LogP contribution is -2.11. The van der Waals surface area contributed by atoms with Crippen molar-refractivity contribution in [2.24, 2.45) is 0 Å². The SMILES string of the molecule is CC(=O)c1cc(CCl)cc(=O)[nH]1. The number of H-pyrrole nitrogens is 1. The van der Waals surface area contributed by atoms with E-state index >= 15 is 0 Å². The average molecular weight is 186 g/mol. The summed E-state index contributed by atoms with van der Waals surface area (Å²) in [5, 5.41) is 0. The Bertz CT molecular complexity index is 356. The van der Waals surface area contributed by atoms with Crippen LogP contribution >= 0.6 is 11.6 Å². The number of ketones is 1. The second-order valence-corrected chi connectivity index (χ2v) is 2.72. The summed E-state index contributed by atoms with van der Waals surface area (Å²) >= 11 is 5.51. The van der Waals surface area contributed by atoms with Crippen molar-refractivity contribution >= 4 is 17.4 Å². The third kappa shape index (κ3) is 1.95. The smallest absolute Gasteiger partial charge is 0.248 e. The van der Waals surface area contributed by atoms with Crippen LogP contribution in [0.5, 0.6) is 0 Å². The molecule has 0 atom stereocenters. The highest BCUT2D eigenvalue weighted by Gasteiger charge is 2.01. The maximum atomic E-state index is 10.9. The number of rotatable bonds is 2. The predicted molar refractivity (Wildman–Crippen MR) is 46.6 cm³/mol. The van der Waals surface area contributed by atoms with Gasteiger partial charge in [-0.1, -0.05) is 0 Å². The van der Waals surface area contributed by atoms with Gasteiger partial charge in [-0.05, 0) is 11.6 Å². The normalized spacial score (nSPS) is 9.83. The summed E-state index contributed by atoms with van der Waals surface area (Å²) in [6.07, 6.45) is 0. The van der Waals surface area contributed by atoms with Crippen molar-refractivity contribution in [3.63, 3.8) is 0 Å². The molecular weight excluding hydrogens is 178 g/mol. The molecule has 1 heterocycles. The van der Waals surface area contributed by atoms with Gasteiger partial charge in [0.1, 0.15) is 0 Å². The number of carbonyl (C=O) groups excluding carboxylic acids is 1. The zero-order chi connectivity index (χ0) is 9.14. The van der Waals surface area contributed by atoms with E-state index in [2.05, 4.69) is 4.98 Å². The highest BCUT2D eigenvalue weighted by atomic mass is 35.5. The molecule has 0 unspecified atom stereocenters. The van der Waals surface area contributed by atoms with E-state index in [9.17, 15) is 9.59 Å². The van der Waals surface area contributed by atoms with Crippen LogP contribution in [0.3, 0.4) is 0 Å². The summed E-state index contributed by atoms with van der Waals surface area (Å²) in [5.41, 5.74) is 0.669. The second-order valence-electron chi connectivity index (χ2n) is 2.46. The summed E-state index contributed by atoms with van der Waals surface area (Å²) in [4.78, 5) is 24.2. The van der Waals surface area contributed by atoms with Crippen LogP contribution in [0.4, 0.5) is 0 Å². The van der Waals surface area contributed by atoms with Gasteiger partial charge >= 0.3 is 0 Å². The largest absolute Gasteiger partial charge is 0.319 e. The number of hydrogen-bond acceptors (Lipinski definition) is 2. The summed E-state index contributed by atoms with van der Waals surface area (Å²) < 4.78 is 0. The molecule has 0 saturated heterocycles. The van der Waals surface area contributed by atoms with Gasteiger partial charge in [-0.2, -0.15) is 0 Å². The first kappa shape index (κ1) is 9.00. The highest BCUT2D eigenvalue weighted by Crippen LogP contribution is 2.02. The molecule has 1 aromatic rings. The molecule has 3 nitrogen and oxygen atoms in total. The van der Waals surface area contributed by atoms with E-state index < -0.39 is 0 Å². The fourth-order valence-electron chi connectivity index (χ4n) is 0.867. The first-order valence-electron chi connectivity index (χ1n) is 3.43. The highest BCUT2D eigenvalue weighted by molar-refractivity contribution is 6.17. The number of hydrogen-bond donors (Lipinski definition) is 1. The number of pyridine rings is 1. The maximum absolute atomic E-state index is 10.9. The molecule has 1 N–H and O–H groups in total. The zero-order valence-corrected chi connectivity index (χ0v) is 7.31. The zero-order valence-electron chi connectivity index (χ0n) is 6.56. The molecule has 0 aliphatic rings. The number of halogens is 1. The molecule has 1 rings (SSSR count). The molecule has 64 valence electrons. The van der Waals surface area contributed by atoms with Crippen LogP contribution in [-0.4, -0.2) is 10.8 Å². The van der Waals surface area contributed by atoms with E-state index in [0.29, 0.717) is 11.3 Å². The topological polar surface area (TPSA) is 49.9 Å². The van der Waals surface area contributed by atoms with Crippen molar-refractivity contribution in [2.45, 2.75) is 12.8 Å². The van der Waals surface area contributed by atoms with E-state index in [4.69, 9.17) is 11.6 Å². The first-order valence-corrected chi connectivity index (χ1v) is 3.97. The number of alkyl halides is 1. The van der Waals surface area contributed by atoms with E-state index in [1.165, 1.54) is 13.0 Å². The van der Waals surface area contributed by atoms with E-state index in [1.54, 1.807) is 6.07 Å². The molecule has 0 radical (unpaired) electrons. The van der Waals surface area contributed by atoms with Crippen LogP contribution in [0.25, 0.3) is 0 Å². The van der Waals surface area contributed by atoms with Gasteiger partial charge in [0, 0.05) is 18.9 Å². The van der Waals surface area contributed by atoms with Crippen LogP contribution in [0, 0.1) is 0 Å². The molecule has 0 aromatic carbocycles. The molecule has 1 aromatic heterocycles. The van der Waals surface area contributed by atoms with Crippen LogP contribution in [0.1, 0.15) is 23.0 Å². The number of carbonyl (C=O) groups is 1. The molecule has 4 heteroatoms. The van der Waals surface area contributed by atoms with Gasteiger partial charge in [-0.15, -0.1) is 11.6 Å². The number of Topliss-reactive ketones (excluding diaryl/α,β-unsaturated/α-hetero) is 1. The second kappa shape index (κ2) is 3.54. The van der Waals surface area contributed by atoms with Crippen LogP contribution in [-0.2, 0) is 5.88 Å². The fraction of sp³-hybridized carbons (Fsp3) is 0.250. The minimum absolute atomic E-state index is 0.168. The van der Waals surface area contributed by atoms with Crippen LogP contribution in [0.2, 0.25) is 0 Å². The molecule has 0 amide bonds. The minimum Gasteiger partial charge on any atom is -0.319 e. The van der Waals surface area contributed by atoms with Crippen molar-refractivity contribution in [3.05, 3.63) is 33.7 Å². The van der Waals surface area contributed by atoms with E-state index in [1.807, 2.05) is 0 Å². The molecule has 0 spiro atoms. The van der Waals surface area contributed by atoms with Crippen molar-refractivity contribution in [1.82, 2.24) is 4.98 Å². The Morgan fingerprint density at radius 3 is 2.75 bits per heavy atom. The van der Waals surface area contributed by atoms with Gasteiger partial charge in [0.15, 0.2) is 5.78 Å². The molecular formula is C8H8ClNO2. The number of aromatic nitrogens is 1. The molecule has 12 heavy (non-hydrogen) atoms. The number of nitrogens with one attached hydrogen (secondary N) is 1. The number of aromatic amines is 1.